The predicted molar refractivity (Wildman–Crippen MR) is 125 cm³/mol. The lowest BCUT2D eigenvalue weighted by Gasteiger charge is -2.07. The number of rotatable bonds is 7. The zero-order chi connectivity index (χ0) is 22.5. The highest BCUT2D eigenvalue weighted by molar-refractivity contribution is 9.10. The maximum atomic E-state index is 12.6. The molecule has 3 aromatic rings. The van der Waals surface area contributed by atoms with E-state index in [0.717, 1.165) is 15.8 Å². The summed E-state index contributed by atoms with van der Waals surface area (Å²) in [7, 11) is 1.61. The van der Waals surface area contributed by atoms with E-state index in [2.05, 4.69) is 15.9 Å². The Bertz CT molecular complexity index is 1230. The van der Waals surface area contributed by atoms with Gasteiger partial charge in [0, 0.05) is 21.7 Å². The van der Waals surface area contributed by atoms with Gasteiger partial charge in [0.05, 0.1) is 12.7 Å². The number of para-hydroxylation sites is 1. The molecular formula is C26H19BrO5. The largest absolute Gasteiger partial charge is 0.496 e. The molecule has 0 bridgehead atoms. The zero-order valence-corrected chi connectivity index (χ0v) is 18.8. The molecule has 1 aliphatic rings. The third-order valence-electron chi connectivity index (χ3n) is 4.84. The number of halogens is 1. The Morgan fingerprint density at radius 3 is 2.62 bits per heavy atom. The van der Waals surface area contributed by atoms with E-state index in [1.165, 1.54) is 0 Å². The van der Waals surface area contributed by atoms with Gasteiger partial charge < -0.3 is 14.2 Å². The van der Waals surface area contributed by atoms with Crippen molar-refractivity contribution < 1.29 is 23.8 Å². The minimum atomic E-state index is -0.206. The van der Waals surface area contributed by atoms with Gasteiger partial charge in [0.15, 0.2) is 18.1 Å². The molecule has 0 unspecified atom stereocenters. The summed E-state index contributed by atoms with van der Waals surface area (Å²) in [6.45, 7) is -0.112. The molecule has 4 rings (SSSR count). The molecule has 0 N–H and O–H groups in total. The summed E-state index contributed by atoms with van der Waals surface area (Å²) in [5, 5.41) is 0. The monoisotopic (exact) mass is 490 g/mol. The molecule has 3 aromatic carbocycles. The second-order valence-corrected chi connectivity index (χ2v) is 7.86. The molecule has 0 amide bonds. The zero-order valence-electron chi connectivity index (χ0n) is 17.2. The standard InChI is InChI=1S/C26H19BrO5/c1-30-23-7-3-2-5-18(23)6-4-8-24-26(29)21-14-13-20(15-25(21)32-24)31-16-22(28)17-9-11-19(27)12-10-17/h2-15H,16H2,1H3. The summed E-state index contributed by atoms with van der Waals surface area (Å²) in [5.41, 5.74) is 1.90. The first-order valence-electron chi connectivity index (χ1n) is 9.84. The van der Waals surface area contributed by atoms with Gasteiger partial charge in [0.1, 0.15) is 17.2 Å². The summed E-state index contributed by atoms with van der Waals surface area (Å²) < 4.78 is 17.5. The Morgan fingerprint density at radius 2 is 1.84 bits per heavy atom. The number of Topliss-reactive ketones (excluding diaryl/α,β-unsaturated/α-hetero) is 2. The average Bonchev–Trinajstić information content (AvgIpc) is 3.13. The molecule has 0 aliphatic carbocycles. The summed E-state index contributed by atoms with van der Waals surface area (Å²) in [4.78, 5) is 24.9. The van der Waals surface area contributed by atoms with Gasteiger partial charge in [-0.2, -0.15) is 0 Å². The third kappa shape index (κ3) is 4.81. The first kappa shape index (κ1) is 21.6. The number of ether oxygens (including phenoxy) is 3. The molecular weight excluding hydrogens is 472 g/mol. The van der Waals surface area contributed by atoms with Crippen LogP contribution in [0.25, 0.3) is 6.08 Å². The highest BCUT2D eigenvalue weighted by atomic mass is 79.9. The molecule has 0 fully saturated rings. The van der Waals surface area contributed by atoms with Crippen LogP contribution in [0.15, 0.2) is 89.1 Å². The lowest BCUT2D eigenvalue weighted by molar-refractivity contribution is 0.0921. The van der Waals surface area contributed by atoms with Crippen LogP contribution in [0.2, 0.25) is 0 Å². The number of ketones is 2. The van der Waals surface area contributed by atoms with Gasteiger partial charge in [-0.15, -0.1) is 0 Å². The van der Waals surface area contributed by atoms with Crippen molar-refractivity contribution >= 4 is 33.6 Å². The number of hydrogen-bond donors (Lipinski definition) is 0. The van der Waals surface area contributed by atoms with Crippen LogP contribution in [0.5, 0.6) is 17.2 Å². The fraction of sp³-hybridized carbons (Fsp3) is 0.0769. The van der Waals surface area contributed by atoms with Crippen LogP contribution >= 0.6 is 15.9 Å². The molecule has 6 heteroatoms. The number of carbonyl (C=O) groups excluding carboxylic acids is 2. The number of benzene rings is 3. The van der Waals surface area contributed by atoms with Gasteiger partial charge in [0.2, 0.25) is 5.78 Å². The molecule has 160 valence electrons. The summed E-state index contributed by atoms with van der Waals surface area (Å²) in [6.07, 6.45) is 5.20. The van der Waals surface area contributed by atoms with Gasteiger partial charge in [-0.25, -0.2) is 0 Å². The van der Waals surface area contributed by atoms with Crippen LogP contribution in [-0.2, 0) is 0 Å². The van der Waals surface area contributed by atoms with Crippen molar-refractivity contribution in [3.05, 3.63) is 106 Å². The van der Waals surface area contributed by atoms with E-state index in [-0.39, 0.29) is 23.9 Å². The molecule has 1 aliphatic heterocycles. The first-order chi connectivity index (χ1) is 15.5. The minimum absolute atomic E-state index is 0.112. The fourth-order valence-electron chi connectivity index (χ4n) is 3.18. The smallest absolute Gasteiger partial charge is 0.231 e. The van der Waals surface area contributed by atoms with E-state index >= 15 is 0 Å². The van der Waals surface area contributed by atoms with Crippen molar-refractivity contribution in [3.63, 3.8) is 0 Å². The maximum absolute atomic E-state index is 12.6. The lowest BCUT2D eigenvalue weighted by Crippen LogP contribution is -2.11. The molecule has 0 saturated heterocycles. The van der Waals surface area contributed by atoms with Crippen molar-refractivity contribution in [1.29, 1.82) is 0 Å². The molecule has 0 spiro atoms. The van der Waals surface area contributed by atoms with E-state index in [1.54, 1.807) is 61.7 Å². The van der Waals surface area contributed by atoms with E-state index in [9.17, 15) is 9.59 Å². The molecule has 0 aromatic heterocycles. The second-order valence-electron chi connectivity index (χ2n) is 6.94. The Labute approximate surface area is 194 Å². The van der Waals surface area contributed by atoms with Crippen LogP contribution < -0.4 is 14.2 Å². The molecule has 1 heterocycles. The summed E-state index contributed by atoms with van der Waals surface area (Å²) in [5.74, 6) is 1.46. The number of fused-ring (bicyclic) bond motifs is 1. The average molecular weight is 491 g/mol. The van der Waals surface area contributed by atoms with E-state index in [0.29, 0.717) is 22.6 Å². The molecule has 0 radical (unpaired) electrons. The maximum Gasteiger partial charge on any atom is 0.231 e. The summed E-state index contributed by atoms with van der Waals surface area (Å²) >= 11 is 3.34. The molecule has 0 atom stereocenters. The SMILES string of the molecule is COc1ccccc1C=CC=C1Oc2cc(OCC(=O)c3ccc(Br)cc3)ccc2C1=O. The molecule has 5 nitrogen and oxygen atoms in total. The van der Waals surface area contributed by atoms with E-state index in [4.69, 9.17) is 14.2 Å². The number of methoxy groups -OCH3 is 1. The molecule has 0 saturated carbocycles. The third-order valence-corrected chi connectivity index (χ3v) is 5.37. The van der Waals surface area contributed by atoms with Crippen molar-refractivity contribution in [3.8, 4) is 17.2 Å². The fourth-order valence-corrected chi connectivity index (χ4v) is 3.45. The van der Waals surface area contributed by atoms with Crippen LogP contribution in [0, 0.1) is 0 Å². The van der Waals surface area contributed by atoms with Crippen molar-refractivity contribution in [2.75, 3.05) is 13.7 Å². The first-order valence-corrected chi connectivity index (χ1v) is 10.6. The Balaban J connectivity index is 1.42. The van der Waals surface area contributed by atoms with E-state index in [1.807, 2.05) is 30.3 Å². The number of allylic oxidation sites excluding steroid dienone is 3. The Hall–Kier alpha value is -3.64. The topological polar surface area (TPSA) is 61.8 Å². The van der Waals surface area contributed by atoms with Gasteiger partial charge in [-0.3, -0.25) is 9.59 Å². The van der Waals surface area contributed by atoms with Crippen LogP contribution in [0.1, 0.15) is 26.3 Å². The highest BCUT2D eigenvalue weighted by Gasteiger charge is 2.27. The lowest BCUT2D eigenvalue weighted by atomic mass is 10.1. The van der Waals surface area contributed by atoms with Gasteiger partial charge in [0.25, 0.3) is 0 Å². The van der Waals surface area contributed by atoms with Crippen LogP contribution in [-0.4, -0.2) is 25.3 Å². The predicted octanol–water partition coefficient (Wildman–Crippen LogP) is 5.89. The van der Waals surface area contributed by atoms with Gasteiger partial charge in [-0.1, -0.05) is 58.4 Å². The second kappa shape index (κ2) is 9.66. The number of hydrogen-bond acceptors (Lipinski definition) is 5. The van der Waals surface area contributed by atoms with Gasteiger partial charge in [-0.05, 0) is 36.4 Å². The van der Waals surface area contributed by atoms with E-state index < -0.39 is 0 Å². The quantitative estimate of drug-likeness (QED) is 0.305. The molecule has 32 heavy (non-hydrogen) atoms. The van der Waals surface area contributed by atoms with Crippen molar-refractivity contribution in [1.82, 2.24) is 0 Å². The van der Waals surface area contributed by atoms with Crippen molar-refractivity contribution in [2.45, 2.75) is 0 Å². The van der Waals surface area contributed by atoms with Crippen molar-refractivity contribution in [2.24, 2.45) is 0 Å². The Morgan fingerprint density at radius 1 is 1.06 bits per heavy atom. The van der Waals surface area contributed by atoms with Crippen LogP contribution in [0.4, 0.5) is 0 Å². The van der Waals surface area contributed by atoms with Crippen LogP contribution in [0.3, 0.4) is 0 Å². The van der Waals surface area contributed by atoms with Gasteiger partial charge >= 0.3 is 0 Å². The highest BCUT2D eigenvalue weighted by Crippen LogP contribution is 2.34. The minimum Gasteiger partial charge on any atom is -0.496 e. The number of carbonyl (C=O) groups is 2. The Kier molecular flexibility index (Phi) is 6.52. The summed E-state index contributed by atoms with van der Waals surface area (Å²) in [6, 6.07) is 19.6. The normalized spacial score (nSPS) is 13.8.